The fraction of sp³-hybridized carbons (Fsp3) is 0.133. The molecule has 34 heavy (non-hydrogen) atoms. The summed E-state index contributed by atoms with van der Waals surface area (Å²) in [6.07, 6.45) is 0. The van der Waals surface area contributed by atoms with Gasteiger partial charge >= 0.3 is 0 Å². The molecule has 0 atom stereocenters. The highest BCUT2D eigenvalue weighted by molar-refractivity contribution is 7.86. The highest BCUT2D eigenvalue weighted by Gasteiger charge is 2.34. The summed E-state index contributed by atoms with van der Waals surface area (Å²) in [6, 6.07) is 34.9. The number of anilines is 2. The van der Waals surface area contributed by atoms with E-state index in [1.165, 1.54) is 0 Å². The molecule has 0 heterocycles. The first-order valence-electron chi connectivity index (χ1n) is 11.5. The number of fused-ring (bicyclic) bond motifs is 2. The summed E-state index contributed by atoms with van der Waals surface area (Å²) in [6.45, 7) is 0. The largest absolute Gasteiger partial charge is 0.377 e. The summed E-state index contributed by atoms with van der Waals surface area (Å²) >= 11 is 0. The lowest BCUT2D eigenvalue weighted by Gasteiger charge is -2.27. The Hall–Kier alpha value is -3.55. The van der Waals surface area contributed by atoms with E-state index in [9.17, 15) is 0 Å². The van der Waals surface area contributed by atoms with E-state index in [1.54, 1.807) is 0 Å². The second kappa shape index (κ2) is 8.66. The van der Waals surface area contributed by atoms with Crippen molar-refractivity contribution in [1.82, 2.24) is 0 Å². The zero-order chi connectivity index (χ0) is 23.9. The number of hydrogen-bond donors (Lipinski definition) is 0. The van der Waals surface area contributed by atoms with Crippen LogP contribution in [0.15, 0.2) is 103 Å². The molecule has 5 aromatic carbocycles. The Morgan fingerprint density at radius 3 is 1.32 bits per heavy atom. The molecular weight excluding hydrogens is 435 g/mol. The lowest BCUT2D eigenvalue weighted by Crippen LogP contribution is -2.28. The predicted octanol–water partition coefficient (Wildman–Crippen LogP) is 5.76. The molecule has 3 nitrogen and oxygen atoms in total. The Labute approximate surface area is 201 Å². The maximum atomic E-state index is 15.8. The first kappa shape index (κ1) is 22.3. The highest BCUT2D eigenvalue weighted by atomic mass is 31.2. The van der Waals surface area contributed by atoms with Crippen molar-refractivity contribution in [2.45, 2.75) is 0 Å². The molecule has 0 radical (unpaired) electrons. The van der Waals surface area contributed by atoms with Gasteiger partial charge in [-0.15, -0.1) is 0 Å². The SMILES string of the molecule is CN(C)c1cccc2cccc(P(=O)(c3ccccc3)c3cccc4cccc(N(C)C)c34)c12. The third kappa shape index (κ3) is 3.48. The van der Waals surface area contributed by atoms with Crippen LogP contribution < -0.4 is 25.7 Å². The van der Waals surface area contributed by atoms with E-state index < -0.39 is 7.14 Å². The van der Waals surface area contributed by atoms with E-state index in [0.717, 1.165) is 48.8 Å². The minimum Gasteiger partial charge on any atom is -0.377 e. The second-order valence-electron chi connectivity index (χ2n) is 9.04. The zero-order valence-electron chi connectivity index (χ0n) is 20.1. The van der Waals surface area contributed by atoms with Crippen molar-refractivity contribution in [3.63, 3.8) is 0 Å². The molecule has 4 heteroatoms. The van der Waals surface area contributed by atoms with Gasteiger partial charge < -0.3 is 14.4 Å². The summed E-state index contributed by atoms with van der Waals surface area (Å²) < 4.78 is 15.8. The predicted molar refractivity (Wildman–Crippen MR) is 150 cm³/mol. The van der Waals surface area contributed by atoms with E-state index in [0.29, 0.717) is 0 Å². The van der Waals surface area contributed by atoms with Crippen molar-refractivity contribution in [2.75, 3.05) is 38.0 Å². The van der Waals surface area contributed by atoms with Crippen LogP contribution in [-0.2, 0) is 4.57 Å². The number of benzene rings is 5. The van der Waals surface area contributed by atoms with Gasteiger partial charge in [-0.05, 0) is 22.9 Å². The Bertz CT molecular complexity index is 1430. The van der Waals surface area contributed by atoms with Gasteiger partial charge in [-0.3, -0.25) is 0 Å². The average molecular weight is 465 g/mol. The lowest BCUT2D eigenvalue weighted by atomic mass is 10.1. The topological polar surface area (TPSA) is 23.6 Å². The third-order valence-corrected chi connectivity index (χ3v) is 9.61. The highest BCUT2D eigenvalue weighted by Crippen LogP contribution is 2.48. The standard InChI is InChI=1S/C30H29N2OP/c1-31(2)25-18-8-12-22-14-10-20-27(29(22)25)34(33,24-16-6-5-7-17-24)28-21-11-15-23-13-9-19-26(30(23)28)32(3)4/h5-21H,1-4H3. The van der Waals surface area contributed by atoms with Gasteiger partial charge in [0.1, 0.15) is 0 Å². The lowest BCUT2D eigenvalue weighted by molar-refractivity contribution is 0.593. The van der Waals surface area contributed by atoms with Crippen LogP contribution in [0.5, 0.6) is 0 Å². The Morgan fingerprint density at radius 2 is 0.912 bits per heavy atom. The fourth-order valence-corrected chi connectivity index (χ4v) is 8.04. The van der Waals surface area contributed by atoms with Gasteiger partial charge in [-0.25, -0.2) is 0 Å². The van der Waals surface area contributed by atoms with Crippen LogP contribution in [-0.4, -0.2) is 28.2 Å². The van der Waals surface area contributed by atoms with Crippen molar-refractivity contribution in [3.8, 4) is 0 Å². The van der Waals surface area contributed by atoms with E-state index in [4.69, 9.17) is 0 Å². The van der Waals surface area contributed by atoms with Crippen molar-refractivity contribution in [2.24, 2.45) is 0 Å². The number of hydrogen-bond acceptors (Lipinski definition) is 3. The van der Waals surface area contributed by atoms with Gasteiger partial charge in [0.25, 0.3) is 0 Å². The van der Waals surface area contributed by atoms with Crippen LogP contribution in [0.4, 0.5) is 11.4 Å². The normalized spacial score (nSPS) is 11.6. The van der Waals surface area contributed by atoms with Crippen LogP contribution >= 0.6 is 7.14 Å². The minimum atomic E-state index is -3.25. The molecule has 0 aliphatic carbocycles. The molecule has 0 amide bonds. The summed E-state index contributed by atoms with van der Waals surface area (Å²) in [7, 11) is 4.92. The summed E-state index contributed by atoms with van der Waals surface area (Å²) in [4.78, 5) is 4.21. The molecule has 5 aromatic rings. The van der Waals surface area contributed by atoms with E-state index >= 15 is 4.57 Å². The smallest absolute Gasteiger partial charge is 0.172 e. The summed E-state index contributed by atoms with van der Waals surface area (Å²) in [5.74, 6) is 0. The maximum Gasteiger partial charge on any atom is 0.172 e. The summed E-state index contributed by atoms with van der Waals surface area (Å²) in [5, 5.41) is 6.86. The van der Waals surface area contributed by atoms with Gasteiger partial charge in [-0.1, -0.05) is 91.0 Å². The van der Waals surface area contributed by atoms with E-state index in [-0.39, 0.29) is 0 Å². The number of nitrogens with zero attached hydrogens (tertiary/aromatic N) is 2. The van der Waals surface area contributed by atoms with E-state index in [1.807, 2.05) is 70.7 Å². The average Bonchev–Trinajstić information content (AvgIpc) is 2.87. The Kier molecular flexibility index (Phi) is 5.67. The molecule has 0 aromatic heterocycles. The molecule has 170 valence electrons. The Balaban J connectivity index is 1.99. The molecule has 0 bridgehead atoms. The van der Waals surface area contributed by atoms with Gasteiger partial charge in [0, 0.05) is 66.3 Å². The molecule has 0 fully saturated rings. The molecule has 0 saturated carbocycles. The fourth-order valence-electron chi connectivity index (χ4n) is 4.92. The van der Waals surface area contributed by atoms with Crippen LogP contribution in [0.2, 0.25) is 0 Å². The number of rotatable bonds is 5. The molecule has 0 unspecified atom stereocenters. The molecule has 5 rings (SSSR count). The quantitative estimate of drug-likeness (QED) is 0.309. The second-order valence-corrected chi connectivity index (χ2v) is 11.7. The van der Waals surface area contributed by atoms with Crippen LogP contribution in [0.25, 0.3) is 21.5 Å². The Morgan fingerprint density at radius 1 is 0.500 bits per heavy atom. The first-order valence-corrected chi connectivity index (χ1v) is 13.2. The maximum absolute atomic E-state index is 15.8. The van der Waals surface area contributed by atoms with Crippen molar-refractivity contribution >= 4 is 56.0 Å². The molecule has 0 aliphatic rings. The van der Waals surface area contributed by atoms with Crippen LogP contribution in [0.1, 0.15) is 0 Å². The molecule has 0 spiro atoms. The van der Waals surface area contributed by atoms with Crippen molar-refractivity contribution in [3.05, 3.63) is 103 Å². The van der Waals surface area contributed by atoms with Gasteiger partial charge in [0.05, 0.1) is 0 Å². The van der Waals surface area contributed by atoms with Gasteiger partial charge in [0.2, 0.25) is 0 Å². The first-order chi connectivity index (χ1) is 16.4. The zero-order valence-corrected chi connectivity index (χ0v) is 21.0. The molecule has 0 N–H and O–H groups in total. The third-order valence-electron chi connectivity index (χ3n) is 6.48. The van der Waals surface area contributed by atoms with Gasteiger partial charge in [0.15, 0.2) is 7.14 Å². The minimum absolute atomic E-state index is 0.845. The van der Waals surface area contributed by atoms with E-state index in [2.05, 4.69) is 70.5 Å². The molecule has 0 saturated heterocycles. The van der Waals surface area contributed by atoms with Crippen molar-refractivity contribution < 1.29 is 4.57 Å². The van der Waals surface area contributed by atoms with Crippen LogP contribution in [0, 0.1) is 0 Å². The van der Waals surface area contributed by atoms with Crippen molar-refractivity contribution in [1.29, 1.82) is 0 Å². The molecule has 0 aliphatic heterocycles. The monoisotopic (exact) mass is 464 g/mol. The molecular formula is C30H29N2OP. The van der Waals surface area contributed by atoms with Crippen LogP contribution in [0.3, 0.4) is 0 Å². The summed E-state index contributed by atoms with van der Waals surface area (Å²) in [5.41, 5.74) is 2.13. The van der Waals surface area contributed by atoms with Gasteiger partial charge in [-0.2, -0.15) is 0 Å².